The van der Waals surface area contributed by atoms with Crippen LogP contribution in [0.25, 0.3) is 0 Å². The Morgan fingerprint density at radius 2 is 2.00 bits per heavy atom. The molecule has 0 aliphatic heterocycles. The molecule has 98 valence electrons. The van der Waals surface area contributed by atoms with Crippen molar-refractivity contribution in [2.45, 2.75) is 23.0 Å². The lowest BCUT2D eigenvalue weighted by Gasteiger charge is -2.14. The fourth-order valence-corrected chi connectivity index (χ4v) is 3.24. The number of rotatable bonds is 6. The van der Waals surface area contributed by atoms with E-state index in [1.165, 1.54) is 19.2 Å². The van der Waals surface area contributed by atoms with Crippen LogP contribution in [0.1, 0.15) is 12.8 Å². The molecule has 0 saturated carbocycles. The zero-order chi connectivity index (χ0) is 13.6. The Morgan fingerprint density at radius 3 is 2.50 bits per heavy atom. The molecule has 1 aromatic rings. The highest BCUT2D eigenvalue weighted by atomic mass is 32.2. The second-order valence-electron chi connectivity index (χ2n) is 3.74. The summed E-state index contributed by atoms with van der Waals surface area (Å²) in [4.78, 5) is 11.7. The predicted molar refractivity (Wildman–Crippen MR) is 68.9 cm³/mol. The summed E-state index contributed by atoms with van der Waals surface area (Å²) in [5.41, 5.74) is 0. The van der Waals surface area contributed by atoms with Crippen LogP contribution >= 0.6 is 0 Å². The van der Waals surface area contributed by atoms with E-state index in [-0.39, 0.29) is 11.3 Å². The monoisotopic (exact) mass is 268 g/mol. The molecule has 4 nitrogen and oxygen atoms in total. The maximum absolute atomic E-state index is 12.3. The van der Waals surface area contributed by atoms with Crippen molar-refractivity contribution in [2.75, 3.05) is 7.11 Å². The van der Waals surface area contributed by atoms with Crippen molar-refractivity contribution in [3.63, 3.8) is 0 Å². The van der Waals surface area contributed by atoms with Gasteiger partial charge in [0.05, 0.1) is 12.0 Å². The third-order valence-corrected chi connectivity index (χ3v) is 4.65. The number of carbonyl (C=O) groups is 1. The summed E-state index contributed by atoms with van der Waals surface area (Å²) < 4.78 is 29.2. The largest absolute Gasteiger partial charge is 0.468 e. The highest BCUT2D eigenvalue weighted by Gasteiger charge is 2.34. The summed E-state index contributed by atoms with van der Waals surface area (Å²) >= 11 is 0. The van der Waals surface area contributed by atoms with Gasteiger partial charge in [0.25, 0.3) is 0 Å². The maximum Gasteiger partial charge on any atom is 0.324 e. The molecule has 0 aromatic heterocycles. The van der Waals surface area contributed by atoms with Gasteiger partial charge in [0.15, 0.2) is 15.1 Å². The highest BCUT2D eigenvalue weighted by Crippen LogP contribution is 2.20. The normalized spacial score (nSPS) is 12.7. The summed E-state index contributed by atoms with van der Waals surface area (Å²) in [6.07, 6.45) is 2.19. The number of sulfone groups is 1. The zero-order valence-corrected chi connectivity index (χ0v) is 11.0. The van der Waals surface area contributed by atoms with E-state index in [4.69, 9.17) is 0 Å². The number of methoxy groups -OCH3 is 1. The van der Waals surface area contributed by atoms with Crippen LogP contribution in [-0.2, 0) is 19.4 Å². The van der Waals surface area contributed by atoms with Gasteiger partial charge in [-0.3, -0.25) is 4.79 Å². The molecular weight excluding hydrogens is 252 g/mol. The van der Waals surface area contributed by atoms with Crippen LogP contribution in [0.2, 0.25) is 0 Å². The molecule has 0 bridgehead atoms. The summed E-state index contributed by atoms with van der Waals surface area (Å²) in [5.74, 6) is -0.735. The first kappa shape index (κ1) is 14.4. The van der Waals surface area contributed by atoms with E-state index in [1.54, 1.807) is 24.3 Å². The number of hydrogen-bond donors (Lipinski definition) is 0. The van der Waals surface area contributed by atoms with Gasteiger partial charge in [-0.1, -0.05) is 24.3 Å². The van der Waals surface area contributed by atoms with E-state index in [2.05, 4.69) is 11.3 Å². The van der Waals surface area contributed by atoms with Gasteiger partial charge in [0.2, 0.25) is 0 Å². The van der Waals surface area contributed by atoms with Gasteiger partial charge in [-0.05, 0) is 25.0 Å². The number of carbonyl (C=O) groups excluding carboxylic acids is 1. The molecule has 1 aromatic carbocycles. The third-order valence-electron chi connectivity index (χ3n) is 2.54. The van der Waals surface area contributed by atoms with Gasteiger partial charge >= 0.3 is 5.97 Å². The average molecular weight is 268 g/mol. The molecule has 0 amide bonds. The fraction of sp³-hybridized carbons (Fsp3) is 0.308. The molecule has 1 rings (SSSR count). The molecule has 0 spiro atoms. The quantitative estimate of drug-likeness (QED) is 0.584. The summed E-state index contributed by atoms with van der Waals surface area (Å²) in [7, 11) is -2.52. The fourth-order valence-electron chi connectivity index (χ4n) is 1.57. The van der Waals surface area contributed by atoms with Gasteiger partial charge in [0.1, 0.15) is 0 Å². The van der Waals surface area contributed by atoms with E-state index in [0.29, 0.717) is 6.42 Å². The Bertz CT molecular complexity index is 505. The Balaban J connectivity index is 3.11. The van der Waals surface area contributed by atoms with Crippen molar-refractivity contribution in [3.05, 3.63) is 43.0 Å². The topological polar surface area (TPSA) is 60.4 Å². The standard InChI is InChI=1S/C13H16O4S/c1-3-4-10-12(13(14)17-2)18(15,16)11-8-6-5-7-9-11/h3,5-9,12H,1,4,10H2,2H3. The molecule has 0 N–H and O–H groups in total. The van der Waals surface area contributed by atoms with Crippen LogP contribution in [0.5, 0.6) is 0 Å². The first-order chi connectivity index (χ1) is 8.54. The minimum Gasteiger partial charge on any atom is -0.468 e. The smallest absolute Gasteiger partial charge is 0.324 e. The van der Waals surface area contributed by atoms with Crippen molar-refractivity contribution in [3.8, 4) is 0 Å². The van der Waals surface area contributed by atoms with Crippen molar-refractivity contribution in [1.29, 1.82) is 0 Å². The molecular formula is C13H16O4S. The lowest BCUT2D eigenvalue weighted by atomic mass is 10.2. The van der Waals surface area contributed by atoms with Crippen LogP contribution in [0.4, 0.5) is 0 Å². The van der Waals surface area contributed by atoms with E-state index < -0.39 is 21.1 Å². The number of allylic oxidation sites excluding steroid dienone is 1. The van der Waals surface area contributed by atoms with E-state index in [9.17, 15) is 13.2 Å². The van der Waals surface area contributed by atoms with Gasteiger partial charge in [0, 0.05) is 0 Å². The van der Waals surface area contributed by atoms with Crippen molar-refractivity contribution < 1.29 is 17.9 Å². The number of esters is 1. The molecule has 1 unspecified atom stereocenters. The molecule has 0 fully saturated rings. The number of benzene rings is 1. The van der Waals surface area contributed by atoms with Gasteiger partial charge in [-0.2, -0.15) is 0 Å². The minimum absolute atomic E-state index is 0.129. The molecule has 0 aliphatic rings. The van der Waals surface area contributed by atoms with Crippen molar-refractivity contribution >= 4 is 15.8 Å². The molecule has 0 radical (unpaired) electrons. The molecule has 0 heterocycles. The lowest BCUT2D eigenvalue weighted by Crippen LogP contribution is -2.31. The molecule has 5 heteroatoms. The average Bonchev–Trinajstić information content (AvgIpc) is 2.39. The summed E-state index contributed by atoms with van der Waals surface area (Å²) in [5, 5.41) is -1.18. The van der Waals surface area contributed by atoms with Gasteiger partial charge in [-0.25, -0.2) is 8.42 Å². The number of ether oxygens (including phenoxy) is 1. The van der Waals surface area contributed by atoms with Gasteiger partial charge < -0.3 is 4.74 Å². The number of hydrogen-bond acceptors (Lipinski definition) is 4. The Kier molecular flexibility index (Phi) is 5.09. The van der Waals surface area contributed by atoms with Crippen LogP contribution in [-0.4, -0.2) is 26.7 Å². The van der Waals surface area contributed by atoms with Crippen molar-refractivity contribution in [2.24, 2.45) is 0 Å². The Morgan fingerprint density at radius 1 is 1.39 bits per heavy atom. The van der Waals surface area contributed by atoms with Crippen LogP contribution < -0.4 is 0 Å². The minimum atomic E-state index is -3.71. The van der Waals surface area contributed by atoms with E-state index in [1.807, 2.05) is 0 Å². The first-order valence-electron chi connectivity index (χ1n) is 5.51. The van der Waals surface area contributed by atoms with Gasteiger partial charge in [-0.15, -0.1) is 6.58 Å². The van der Waals surface area contributed by atoms with Crippen molar-refractivity contribution in [1.82, 2.24) is 0 Å². The summed E-state index contributed by atoms with van der Waals surface area (Å²) in [6, 6.07) is 7.90. The van der Waals surface area contributed by atoms with E-state index >= 15 is 0 Å². The highest BCUT2D eigenvalue weighted by molar-refractivity contribution is 7.92. The van der Waals surface area contributed by atoms with Crippen LogP contribution in [0.15, 0.2) is 47.9 Å². The molecule has 1 atom stereocenters. The van der Waals surface area contributed by atoms with E-state index in [0.717, 1.165) is 0 Å². The van der Waals surface area contributed by atoms with Crippen LogP contribution in [0, 0.1) is 0 Å². The predicted octanol–water partition coefficient (Wildman–Crippen LogP) is 1.97. The van der Waals surface area contributed by atoms with Crippen LogP contribution in [0.3, 0.4) is 0 Å². The lowest BCUT2D eigenvalue weighted by molar-refractivity contribution is -0.140. The maximum atomic E-state index is 12.3. The third kappa shape index (κ3) is 3.20. The molecule has 18 heavy (non-hydrogen) atoms. The SMILES string of the molecule is C=CCCC(C(=O)OC)S(=O)(=O)c1ccccc1. The molecule has 0 saturated heterocycles. The second kappa shape index (κ2) is 6.35. The molecule has 0 aliphatic carbocycles. The summed E-state index contributed by atoms with van der Waals surface area (Å²) in [6.45, 7) is 3.53. The zero-order valence-electron chi connectivity index (χ0n) is 10.2. The first-order valence-corrected chi connectivity index (χ1v) is 7.06. The Hall–Kier alpha value is -1.62. The second-order valence-corrected chi connectivity index (χ2v) is 5.87. The Labute approximate surface area is 107 Å².